The summed E-state index contributed by atoms with van der Waals surface area (Å²) in [5.41, 5.74) is 0.455. The fraction of sp³-hybridized carbons (Fsp3) is 0.357. The average Bonchev–Trinajstić information content (AvgIpc) is 2.40. The van der Waals surface area contributed by atoms with Crippen molar-refractivity contribution in [2.75, 3.05) is 19.7 Å². The number of likely N-dealkylation sites (N-methyl/N-ethyl adjacent to an activating group) is 1. The number of phenolic OH excluding ortho intramolecular Hbond substituents is 2. The number of nitrogens with one attached hydrogen (secondary N) is 1. The van der Waals surface area contributed by atoms with E-state index in [1.165, 1.54) is 18.2 Å². The first-order valence-corrected chi connectivity index (χ1v) is 6.48. The number of quaternary nitrogens is 1. The Balaban J connectivity index is 2.51. The van der Waals surface area contributed by atoms with Gasteiger partial charge >= 0.3 is 5.63 Å². The fourth-order valence-corrected chi connectivity index (χ4v) is 2.21. The molecule has 0 spiro atoms. The van der Waals surface area contributed by atoms with Gasteiger partial charge in [0.05, 0.1) is 13.2 Å². The molecular weight excluding hydrogens is 262 g/mol. The van der Waals surface area contributed by atoms with Crippen molar-refractivity contribution in [1.29, 1.82) is 0 Å². The summed E-state index contributed by atoms with van der Waals surface area (Å²) < 4.78 is 5.03. The van der Waals surface area contributed by atoms with Gasteiger partial charge in [0.1, 0.15) is 18.7 Å². The maximum Gasteiger partial charge on any atom is 0.336 e. The highest BCUT2D eigenvalue weighted by Gasteiger charge is 2.14. The molecule has 0 aliphatic rings. The zero-order valence-electron chi connectivity index (χ0n) is 11.2. The minimum atomic E-state index is -0.503. The highest BCUT2D eigenvalue weighted by atomic mass is 16.4. The zero-order valence-corrected chi connectivity index (χ0v) is 11.2. The van der Waals surface area contributed by atoms with E-state index >= 15 is 0 Å². The van der Waals surface area contributed by atoms with E-state index in [1.54, 1.807) is 0 Å². The van der Waals surface area contributed by atoms with Crippen LogP contribution in [0.2, 0.25) is 0 Å². The van der Waals surface area contributed by atoms with Crippen LogP contribution in [0.25, 0.3) is 11.0 Å². The van der Waals surface area contributed by atoms with Gasteiger partial charge in [-0.25, -0.2) is 4.79 Å². The van der Waals surface area contributed by atoms with Crippen molar-refractivity contribution in [1.82, 2.24) is 0 Å². The van der Waals surface area contributed by atoms with Gasteiger partial charge in [0.25, 0.3) is 0 Å². The molecule has 1 atom stereocenters. The third kappa shape index (κ3) is 2.92. The summed E-state index contributed by atoms with van der Waals surface area (Å²) in [5.74, 6) is -0.583. The molecule has 6 nitrogen and oxygen atoms in total. The van der Waals surface area contributed by atoms with E-state index < -0.39 is 5.63 Å². The fourth-order valence-electron chi connectivity index (χ4n) is 2.21. The summed E-state index contributed by atoms with van der Waals surface area (Å²) in [6, 6.07) is 3.99. The van der Waals surface area contributed by atoms with Crippen LogP contribution in [0.3, 0.4) is 0 Å². The van der Waals surface area contributed by atoms with Gasteiger partial charge in [-0.2, -0.15) is 0 Å². The zero-order chi connectivity index (χ0) is 14.7. The normalized spacial score (nSPS) is 12.7. The number of aliphatic hydroxyl groups is 1. The Kier molecular flexibility index (Phi) is 4.26. The number of aliphatic hydroxyl groups excluding tert-OH is 1. The van der Waals surface area contributed by atoms with Gasteiger partial charge < -0.3 is 24.6 Å². The SMILES string of the molecule is CC[NH+](CCO)Cc1cc(=O)oc2cc(O)c(O)cc12. The molecule has 1 heterocycles. The topological polar surface area (TPSA) is 95.3 Å². The molecule has 0 fully saturated rings. The maximum atomic E-state index is 11.6. The lowest BCUT2D eigenvalue weighted by atomic mass is 10.1. The summed E-state index contributed by atoms with van der Waals surface area (Å²) in [5, 5.41) is 28.7. The van der Waals surface area contributed by atoms with Crippen LogP contribution in [-0.4, -0.2) is 35.0 Å². The quantitative estimate of drug-likeness (QED) is 0.441. The van der Waals surface area contributed by atoms with Crippen LogP contribution in [0.4, 0.5) is 0 Å². The number of rotatable bonds is 5. The van der Waals surface area contributed by atoms with Crippen molar-refractivity contribution in [3.63, 3.8) is 0 Å². The second kappa shape index (κ2) is 5.94. The van der Waals surface area contributed by atoms with E-state index in [-0.39, 0.29) is 23.7 Å². The van der Waals surface area contributed by atoms with Gasteiger partial charge in [0.2, 0.25) is 0 Å². The monoisotopic (exact) mass is 280 g/mol. The Labute approximate surface area is 115 Å². The maximum absolute atomic E-state index is 11.6. The Bertz CT molecular complexity index is 664. The molecule has 108 valence electrons. The first-order chi connectivity index (χ1) is 9.55. The molecule has 6 heteroatoms. The van der Waals surface area contributed by atoms with Crippen LogP contribution in [0.15, 0.2) is 27.4 Å². The minimum absolute atomic E-state index is 0.0641. The average molecular weight is 280 g/mol. The smallest absolute Gasteiger partial charge is 0.336 e. The van der Waals surface area contributed by atoms with Crippen molar-refractivity contribution in [2.45, 2.75) is 13.5 Å². The number of hydrogen-bond acceptors (Lipinski definition) is 5. The molecule has 1 aromatic heterocycles. The van der Waals surface area contributed by atoms with Gasteiger partial charge in [-0.05, 0) is 13.0 Å². The van der Waals surface area contributed by atoms with E-state index in [4.69, 9.17) is 9.52 Å². The second-order valence-electron chi connectivity index (χ2n) is 4.68. The lowest BCUT2D eigenvalue weighted by Gasteiger charge is -2.17. The molecule has 0 bridgehead atoms. The van der Waals surface area contributed by atoms with E-state index in [0.717, 1.165) is 17.0 Å². The molecule has 0 radical (unpaired) electrons. The van der Waals surface area contributed by atoms with E-state index in [2.05, 4.69) is 0 Å². The van der Waals surface area contributed by atoms with Crippen LogP contribution in [0.1, 0.15) is 12.5 Å². The molecule has 2 aromatic rings. The predicted octanol–water partition coefficient (Wildman–Crippen LogP) is -0.399. The summed E-state index contributed by atoms with van der Waals surface area (Å²) >= 11 is 0. The highest BCUT2D eigenvalue weighted by molar-refractivity contribution is 5.83. The van der Waals surface area contributed by atoms with Crippen molar-refractivity contribution < 1.29 is 24.6 Å². The molecule has 4 N–H and O–H groups in total. The lowest BCUT2D eigenvalue weighted by Crippen LogP contribution is -3.10. The molecule has 0 aliphatic heterocycles. The van der Waals surface area contributed by atoms with E-state index in [9.17, 15) is 15.0 Å². The van der Waals surface area contributed by atoms with E-state index in [1.807, 2.05) is 6.92 Å². The Morgan fingerprint density at radius 2 is 1.90 bits per heavy atom. The Morgan fingerprint density at radius 1 is 1.20 bits per heavy atom. The Morgan fingerprint density at radius 3 is 2.55 bits per heavy atom. The minimum Gasteiger partial charge on any atom is -0.504 e. The molecular formula is C14H18NO5+. The van der Waals surface area contributed by atoms with Gasteiger partial charge in [0.15, 0.2) is 11.5 Å². The molecule has 0 saturated heterocycles. The van der Waals surface area contributed by atoms with Crippen LogP contribution in [-0.2, 0) is 6.54 Å². The summed E-state index contributed by atoms with van der Waals surface area (Å²) in [6.45, 7) is 3.95. The molecule has 1 aromatic carbocycles. The predicted molar refractivity (Wildman–Crippen MR) is 73.0 cm³/mol. The highest BCUT2D eigenvalue weighted by Crippen LogP contribution is 2.30. The van der Waals surface area contributed by atoms with Crippen molar-refractivity contribution in [3.05, 3.63) is 34.2 Å². The molecule has 0 amide bonds. The number of fused-ring (bicyclic) bond motifs is 1. The number of benzene rings is 1. The van der Waals surface area contributed by atoms with Gasteiger partial charge in [-0.1, -0.05) is 0 Å². The van der Waals surface area contributed by atoms with Crippen LogP contribution < -0.4 is 10.5 Å². The molecule has 0 saturated carbocycles. The largest absolute Gasteiger partial charge is 0.504 e. The third-order valence-corrected chi connectivity index (χ3v) is 3.33. The van der Waals surface area contributed by atoms with Crippen LogP contribution in [0, 0.1) is 0 Å². The molecule has 0 aliphatic carbocycles. The van der Waals surface area contributed by atoms with Gasteiger partial charge in [0, 0.05) is 23.1 Å². The lowest BCUT2D eigenvalue weighted by molar-refractivity contribution is -0.912. The number of aromatic hydroxyl groups is 2. The van der Waals surface area contributed by atoms with Gasteiger partial charge in [-0.15, -0.1) is 0 Å². The first kappa shape index (κ1) is 14.4. The third-order valence-electron chi connectivity index (χ3n) is 3.33. The van der Waals surface area contributed by atoms with Crippen molar-refractivity contribution in [2.24, 2.45) is 0 Å². The summed E-state index contributed by atoms with van der Waals surface area (Å²) in [7, 11) is 0. The van der Waals surface area contributed by atoms with Crippen molar-refractivity contribution in [3.8, 4) is 11.5 Å². The number of phenols is 2. The van der Waals surface area contributed by atoms with Gasteiger partial charge in [-0.3, -0.25) is 0 Å². The van der Waals surface area contributed by atoms with Crippen LogP contribution >= 0.6 is 0 Å². The summed E-state index contributed by atoms with van der Waals surface area (Å²) in [6.07, 6.45) is 0. The summed E-state index contributed by atoms with van der Waals surface area (Å²) in [4.78, 5) is 12.7. The molecule has 1 unspecified atom stereocenters. The second-order valence-corrected chi connectivity index (χ2v) is 4.68. The molecule has 2 rings (SSSR count). The first-order valence-electron chi connectivity index (χ1n) is 6.48. The molecule has 20 heavy (non-hydrogen) atoms. The standard InChI is InChI=1S/C14H17NO5/c1-2-15(3-4-16)8-9-5-14(19)20-13-7-12(18)11(17)6-10(9)13/h5-7,16-18H,2-4,8H2,1H3/p+1. The Hall–Kier alpha value is -2.05. The van der Waals surface area contributed by atoms with Crippen molar-refractivity contribution >= 4 is 11.0 Å². The van der Waals surface area contributed by atoms with E-state index in [0.29, 0.717) is 18.5 Å². The van der Waals surface area contributed by atoms with Crippen LogP contribution in [0.5, 0.6) is 11.5 Å². The number of hydrogen-bond donors (Lipinski definition) is 4.